The Bertz CT molecular complexity index is 525. The van der Waals surface area contributed by atoms with E-state index in [-0.39, 0.29) is 6.04 Å². The molecule has 1 heterocycles. The molecule has 0 radical (unpaired) electrons. The summed E-state index contributed by atoms with van der Waals surface area (Å²) in [6.45, 7) is 2.14. The number of hydrogen-bond acceptors (Lipinski definition) is 4. The van der Waals surface area contributed by atoms with Gasteiger partial charge in [-0.3, -0.25) is 5.84 Å². The van der Waals surface area contributed by atoms with Gasteiger partial charge in [-0.1, -0.05) is 37.3 Å². The Balaban J connectivity index is 2.37. The molecule has 1 aromatic heterocycles. The minimum atomic E-state index is -0.130. The van der Waals surface area contributed by atoms with Crippen LogP contribution < -0.4 is 16.0 Å². The Morgan fingerprint density at radius 3 is 2.58 bits per heavy atom. The van der Waals surface area contributed by atoms with Gasteiger partial charge in [0.2, 0.25) is 5.88 Å². The molecule has 1 aromatic carbocycles. The molecular formula is C15H19N3O. The second-order valence-corrected chi connectivity index (χ2v) is 4.30. The molecule has 4 heteroatoms. The summed E-state index contributed by atoms with van der Waals surface area (Å²) in [5.41, 5.74) is 6.15. The third kappa shape index (κ3) is 2.92. The zero-order valence-corrected chi connectivity index (χ0v) is 11.3. The van der Waals surface area contributed by atoms with Crippen LogP contribution in [0.25, 0.3) is 0 Å². The molecule has 0 aliphatic rings. The van der Waals surface area contributed by atoms with Crippen molar-refractivity contribution >= 4 is 0 Å². The molecule has 19 heavy (non-hydrogen) atoms. The van der Waals surface area contributed by atoms with Gasteiger partial charge >= 0.3 is 0 Å². The third-order valence-corrected chi connectivity index (χ3v) is 3.19. The second-order valence-electron chi connectivity index (χ2n) is 4.30. The number of hydrogen-bond donors (Lipinski definition) is 2. The fourth-order valence-electron chi connectivity index (χ4n) is 2.10. The van der Waals surface area contributed by atoms with Gasteiger partial charge < -0.3 is 4.74 Å². The van der Waals surface area contributed by atoms with Crippen LogP contribution in [0, 0.1) is 0 Å². The number of rotatable bonds is 5. The minimum absolute atomic E-state index is 0.130. The van der Waals surface area contributed by atoms with Crippen LogP contribution in [0.4, 0.5) is 0 Å². The molecule has 3 N–H and O–H groups in total. The maximum absolute atomic E-state index is 5.70. The molecule has 4 nitrogen and oxygen atoms in total. The van der Waals surface area contributed by atoms with Crippen molar-refractivity contribution in [1.29, 1.82) is 0 Å². The summed E-state index contributed by atoms with van der Waals surface area (Å²) >= 11 is 0. The minimum Gasteiger partial charge on any atom is -0.481 e. The van der Waals surface area contributed by atoms with Gasteiger partial charge in [0.05, 0.1) is 13.2 Å². The number of aromatic nitrogens is 1. The Kier molecular flexibility index (Phi) is 4.49. The van der Waals surface area contributed by atoms with Crippen molar-refractivity contribution in [3.63, 3.8) is 0 Å². The largest absolute Gasteiger partial charge is 0.481 e. The molecule has 0 aliphatic heterocycles. The molecular weight excluding hydrogens is 238 g/mol. The van der Waals surface area contributed by atoms with Crippen molar-refractivity contribution in [2.45, 2.75) is 19.4 Å². The summed E-state index contributed by atoms with van der Waals surface area (Å²) in [5.74, 6) is 6.29. The molecule has 2 rings (SSSR count). The van der Waals surface area contributed by atoms with E-state index in [1.165, 1.54) is 5.56 Å². The fourth-order valence-corrected chi connectivity index (χ4v) is 2.10. The highest BCUT2D eigenvalue weighted by molar-refractivity contribution is 5.38. The van der Waals surface area contributed by atoms with E-state index in [2.05, 4.69) is 41.6 Å². The maximum atomic E-state index is 5.70. The first kappa shape index (κ1) is 13.5. The quantitative estimate of drug-likeness (QED) is 0.637. The van der Waals surface area contributed by atoms with Gasteiger partial charge in [0.1, 0.15) is 0 Å². The second kappa shape index (κ2) is 6.31. The highest BCUT2D eigenvalue weighted by Crippen LogP contribution is 2.27. The zero-order chi connectivity index (χ0) is 13.7. The Morgan fingerprint density at radius 1 is 1.26 bits per heavy atom. The van der Waals surface area contributed by atoms with E-state index in [9.17, 15) is 0 Å². The summed E-state index contributed by atoms with van der Waals surface area (Å²) in [5, 5.41) is 0. The molecule has 0 fully saturated rings. The number of ether oxygens (including phenoxy) is 1. The van der Waals surface area contributed by atoms with E-state index in [1.807, 2.05) is 12.1 Å². The van der Waals surface area contributed by atoms with Crippen molar-refractivity contribution in [1.82, 2.24) is 10.4 Å². The van der Waals surface area contributed by atoms with Crippen LogP contribution in [0.5, 0.6) is 5.88 Å². The number of benzene rings is 1. The smallest absolute Gasteiger partial charge is 0.218 e. The first-order valence-corrected chi connectivity index (χ1v) is 6.34. The number of nitrogens with one attached hydrogen (secondary N) is 1. The highest BCUT2D eigenvalue weighted by atomic mass is 16.5. The van der Waals surface area contributed by atoms with Crippen molar-refractivity contribution in [2.24, 2.45) is 5.84 Å². The molecule has 0 amide bonds. The van der Waals surface area contributed by atoms with Crippen LogP contribution in [-0.2, 0) is 6.42 Å². The van der Waals surface area contributed by atoms with Crippen molar-refractivity contribution in [2.75, 3.05) is 7.11 Å². The van der Waals surface area contributed by atoms with E-state index in [4.69, 9.17) is 10.6 Å². The topological polar surface area (TPSA) is 60.2 Å². The molecule has 2 aromatic rings. The third-order valence-electron chi connectivity index (χ3n) is 3.19. The molecule has 0 saturated carbocycles. The molecule has 0 aliphatic carbocycles. The molecule has 100 valence electrons. The van der Waals surface area contributed by atoms with Gasteiger partial charge in [0, 0.05) is 11.8 Å². The lowest BCUT2D eigenvalue weighted by atomic mass is 9.98. The van der Waals surface area contributed by atoms with E-state index < -0.39 is 0 Å². The molecule has 0 bridgehead atoms. The number of methoxy groups -OCH3 is 1. The average molecular weight is 257 g/mol. The summed E-state index contributed by atoms with van der Waals surface area (Å²) in [6.07, 6.45) is 2.73. The van der Waals surface area contributed by atoms with Crippen molar-refractivity contribution < 1.29 is 4.74 Å². The van der Waals surface area contributed by atoms with Gasteiger partial charge in [-0.25, -0.2) is 10.4 Å². The first-order chi connectivity index (χ1) is 9.30. The van der Waals surface area contributed by atoms with Crippen LogP contribution in [-0.4, -0.2) is 12.1 Å². The number of hydrazine groups is 1. The SMILES string of the molecule is CCc1ccc(C(NN)c2cccnc2OC)cc1. The zero-order valence-electron chi connectivity index (χ0n) is 11.3. The average Bonchev–Trinajstić information content (AvgIpc) is 2.49. The number of pyridine rings is 1. The van der Waals surface area contributed by atoms with Gasteiger partial charge in [-0.15, -0.1) is 0 Å². The Labute approximate surface area is 113 Å². The summed E-state index contributed by atoms with van der Waals surface area (Å²) < 4.78 is 5.29. The highest BCUT2D eigenvalue weighted by Gasteiger charge is 2.17. The lowest BCUT2D eigenvalue weighted by Gasteiger charge is -2.18. The standard InChI is InChI=1S/C15H19N3O/c1-3-11-6-8-12(9-7-11)14(18-16)13-5-4-10-17-15(13)19-2/h4-10,14,18H,3,16H2,1-2H3. The summed E-state index contributed by atoms with van der Waals surface area (Å²) in [6, 6.07) is 12.1. The normalized spacial score (nSPS) is 12.2. The van der Waals surface area contributed by atoms with Gasteiger partial charge in [-0.2, -0.15) is 0 Å². The van der Waals surface area contributed by atoms with E-state index in [0.717, 1.165) is 17.5 Å². The van der Waals surface area contributed by atoms with E-state index in [0.29, 0.717) is 5.88 Å². The van der Waals surface area contributed by atoms with Crippen LogP contribution in [0.3, 0.4) is 0 Å². The van der Waals surface area contributed by atoms with Gasteiger partial charge in [0.25, 0.3) is 0 Å². The lowest BCUT2D eigenvalue weighted by molar-refractivity contribution is 0.387. The predicted molar refractivity (Wildman–Crippen MR) is 75.8 cm³/mol. The van der Waals surface area contributed by atoms with Crippen LogP contribution in [0.15, 0.2) is 42.6 Å². The van der Waals surface area contributed by atoms with Gasteiger partial charge in [0.15, 0.2) is 0 Å². The number of nitrogens with zero attached hydrogens (tertiary/aromatic N) is 1. The van der Waals surface area contributed by atoms with Crippen LogP contribution >= 0.6 is 0 Å². The Hall–Kier alpha value is -1.91. The molecule has 0 spiro atoms. The van der Waals surface area contributed by atoms with Crippen molar-refractivity contribution in [3.05, 3.63) is 59.3 Å². The number of aryl methyl sites for hydroxylation is 1. The molecule has 1 atom stereocenters. The van der Waals surface area contributed by atoms with Crippen molar-refractivity contribution in [3.8, 4) is 5.88 Å². The van der Waals surface area contributed by atoms with Crippen LogP contribution in [0.1, 0.15) is 29.7 Å². The monoisotopic (exact) mass is 257 g/mol. The fraction of sp³-hybridized carbons (Fsp3) is 0.267. The van der Waals surface area contributed by atoms with Crippen LogP contribution in [0.2, 0.25) is 0 Å². The first-order valence-electron chi connectivity index (χ1n) is 6.34. The molecule has 0 saturated heterocycles. The Morgan fingerprint density at radius 2 is 2.00 bits per heavy atom. The number of nitrogens with two attached hydrogens (primary N) is 1. The molecule has 1 unspecified atom stereocenters. The summed E-state index contributed by atoms with van der Waals surface area (Å²) in [7, 11) is 1.61. The van der Waals surface area contributed by atoms with Gasteiger partial charge in [-0.05, 0) is 23.6 Å². The lowest BCUT2D eigenvalue weighted by Crippen LogP contribution is -2.29. The van der Waals surface area contributed by atoms with E-state index >= 15 is 0 Å². The van der Waals surface area contributed by atoms with E-state index in [1.54, 1.807) is 13.3 Å². The predicted octanol–water partition coefficient (Wildman–Crippen LogP) is 2.21. The maximum Gasteiger partial charge on any atom is 0.218 e. The summed E-state index contributed by atoms with van der Waals surface area (Å²) in [4.78, 5) is 4.21.